The maximum Gasteiger partial charge on any atom is 0.303 e. The van der Waals surface area contributed by atoms with E-state index in [9.17, 15) is 19.2 Å². The Morgan fingerprint density at radius 3 is 2.12 bits per heavy atom. The van der Waals surface area contributed by atoms with Crippen molar-refractivity contribution in [2.45, 2.75) is 55.5 Å². The van der Waals surface area contributed by atoms with Gasteiger partial charge in [0.05, 0.1) is 10.0 Å². The molecule has 1 heterocycles. The van der Waals surface area contributed by atoms with Gasteiger partial charge < -0.3 is 23.7 Å². The van der Waals surface area contributed by atoms with E-state index in [1.807, 2.05) is 0 Å². The molecule has 1 fully saturated rings. The van der Waals surface area contributed by atoms with Gasteiger partial charge in [0.25, 0.3) is 0 Å². The fourth-order valence-electron chi connectivity index (χ4n) is 3.76. The van der Waals surface area contributed by atoms with Gasteiger partial charge in [0, 0.05) is 36.3 Å². The number of ether oxygens (including phenoxy) is 5. The summed E-state index contributed by atoms with van der Waals surface area (Å²) in [5.41, 5.74) is -0.597. The van der Waals surface area contributed by atoms with Crippen LogP contribution in [-0.4, -0.2) is 66.8 Å². The summed E-state index contributed by atoms with van der Waals surface area (Å²) in [5.74, 6) is 2.72. The normalized spacial score (nSPS) is 21.7. The number of esters is 3. The molecule has 3 rings (SSSR count). The van der Waals surface area contributed by atoms with Crippen molar-refractivity contribution >= 4 is 70.3 Å². The standard InChI is InChI=1S/C28H25Cl3O9S/c1-15(32)37-14-24-25(38-16(2)33)26(36-12-4-5-23(35)18-6-8-19(29)9-7-18)27(39-17(3)34)28(40-24)41-20-10-11-21(30)22(31)13-20/h6-11,13,24-28H,12,14H2,1-3H3/t24?,25-,26?,27?,28+/m0/s1. The van der Waals surface area contributed by atoms with Crippen LogP contribution in [0, 0.1) is 11.8 Å². The molecule has 0 N–H and O–H groups in total. The third kappa shape index (κ3) is 9.92. The Bertz CT molecular complexity index is 1340. The molecule has 2 aromatic rings. The van der Waals surface area contributed by atoms with Crippen LogP contribution in [0.5, 0.6) is 0 Å². The Hall–Kier alpha value is -2.78. The molecule has 0 aromatic heterocycles. The highest BCUT2D eigenvalue weighted by molar-refractivity contribution is 7.99. The first-order chi connectivity index (χ1) is 19.4. The van der Waals surface area contributed by atoms with E-state index in [0.717, 1.165) is 11.8 Å². The first-order valence-corrected chi connectivity index (χ1v) is 14.1. The van der Waals surface area contributed by atoms with Gasteiger partial charge in [-0.3, -0.25) is 19.2 Å². The number of carbonyl (C=O) groups is 4. The zero-order chi connectivity index (χ0) is 30.1. The minimum atomic E-state index is -1.17. The molecule has 0 bridgehead atoms. The first kappa shape index (κ1) is 32.7. The van der Waals surface area contributed by atoms with Gasteiger partial charge in [-0.05, 0) is 48.4 Å². The molecule has 3 unspecified atom stereocenters. The summed E-state index contributed by atoms with van der Waals surface area (Å²) >= 11 is 19.2. The number of hydrogen-bond donors (Lipinski definition) is 0. The molecule has 1 aliphatic heterocycles. The Labute approximate surface area is 256 Å². The van der Waals surface area contributed by atoms with Crippen molar-refractivity contribution in [3.63, 3.8) is 0 Å². The van der Waals surface area contributed by atoms with E-state index in [1.54, 1.807) is 30.3 Å². The fourth-order valence-corrected chi connectivity index (χ4v) is 5.39. The van der Waals surface area contributed by atoms with Crippen LogP contribution in [0.15, 0.2) is 47.4 Å². The third-order valence-electron chi connectivity index (χ3n) is 5.45. The largest absolute Gasteiger partial charge is 0.463 e. The molecule has 0 saturated carbocycles. The Morgan fingerprint density at radius 2 is 1.51 bits per heavy atom. The number of ketones is 1. The van der Waals surface area contributed by atoms with Crippen molar-refractivity contribution in [3.05, 3.63) is 63.1 Å². The first-order valence-electron chi connectivity index (χ1n) is 12.1. The van der Waals surface area contributed by atoms with Gasteiger partial charge in [-0.1, -0.05) is 52.5 Å². The van der Waals surface area contributed by atoms with Crippen LogP contribution in [0.1, 0.15) is 31.1 Å². The van der Waals surface area contributed by atoms with Crippen molar-refractivity contribution in [2.75, 3.05) is 13.2 Å². The van der Waals surface area contributed by atoms with Crippen LogP contribution in [0.3, 0.4) is 0 Å². The van der Waals surface area contributed by atoms with Gasteiger partial charge in [0.1, 0.15) is 30.9 Å². The molecule has 0 amide bonds. The maximum atomic E-state index is 12.4. The summed E-state index contributed by atoms with van der Waals surface area (Å²) in [6.45, 7) is 3.01. The highest BCUT2D eigenvalue weighted by Gasteiger charge is 2.51. The second-order valence-electron chi connectivity index (χ2n) is 8.60. The minimum Gasteiger partial charge on any atom is -0.463 e. The molecule has 218 valence electrons. The maximum absolute atomic E-state index is 12.4. The summed E-state index contributed by atoms with van der Waals surface area (Å²) in [7, 11) is 0. The van der Waals surface area contributed by atoms with E-state index in [-0.39, 0.29) is 13.2 Å². The summed E-state index contributed by atoms with van der Waals surface area (Å²) in [6, 6.07) is 11.1. The second-order valence-corrected chi connectivity index (χ2v) is 11.0. The summed E-state index contributed by atoms with van der Waals surface area (Å²) in [6.07, 6.45) is -4.44. The zero-order valence-electron chi connectivity index (χ0n) is 22.1. The Morgan fingerprint density at radius 1 is 0.854 bits per heavy atom. The highest BCUT2D eigenvalue weighted by Crippen LogP contribution is 2.39. The fraction of sp³-hybridized carbons (Fsp3) is 0.357. The third-order valence-corrected chi connectivity index (χ3v) is 7.57. The van der Waals surface area contributed by atoms with Crippen LogP contribution in [0.4, 0.5) is 0 Å². The minimum absolute atomic E-state index is 0.291. The molecule has 41 heavy (non-hydrogen) atoms. The van der Waals surface area contributed by atoms with Crippen LogP contribution in [0.25, 0.3) is 0 Å². The van der Waals surface area contributed by atoms with Crippen LogP contribution < -0.4 is 0 Å². The molecule has 0 aliphatic carbocycles. The highest BCUT2D eigenvalue weighted by atomic mass is 35.5. The molecule has 9 nitrogen and oxygen atoms in total. The predicted molar refractivity (Wildman–Crippen MR) is 152 cm³/mol. The van der Waals surface area contributed by atoms with Crippen molar-refractivity contribution in [1.29, 1.82) is 0 Å². The predicted octanol–water partition coefficient (Wildman–Crippen LogP) is 5.16. The summed E-state index contributed by atoms with van der Waals surface area (Å²) in [4.78, 5) is 48.8. The molecule has 1 aliphatic rings. The van der Waals surface area contributed by atoms with Gasteiger partial charge >= 0.3 is 17.9 Å². The lowest BCUT2D eigenvalue weighted by Gasteiger charge is -2.44. The number of rotatable bonds is 9. The van der Waals surface area contributed by atoms with Gasteiger partial charge in [-0.25, -0.2) is 0 Å². The van der Waals surface area contributed by atoms with Crippen LogP contribution >= 0.6 is 46.6 Å². The second kappa shape index (κ2) is 15.4. The number of thioether (sulfide) groups is 1. The quantitative estimate of drug-likeness (QED) is 0.119. The van der Waals surface area contributed by atoms with Crippen molar-refractivity contribution < 1.29 is 42.9 Å². The number of halogens is 3. The lowest BCUT2D eigenvalue weighted by Crippen LogP contribution is -2.61. The lowest BCUT2D eigenvalue weighted by atomic mass is 9.99. The number of benzene rings is 2. The topological polar surface area (TPSA) is 114 Å². The molecule has 5 atom stereocenters. The van der Waals surface area contributed by atoms with Gasteiger partial charge in [-0.2, -0.15) is 0 Å². The van der Waals surface area contributed by atoms with E-state index in [4.69, 9.17) is 58.5 Å². The van der Waals surface area contributed by atoms with Crippen molar-refractivity contribution in [1.82, 2.24) is 0 Å². The van der Waals surface area contributed by atoms with E-state index in [1.165, 1.54) is 32.9 Å². The van der Waals surface area contributed by atoms with E-state index < -0.39 is 53.5 Å². The smallest absolute Gasteiger partial charge is 0.303 e. The van der Waals surface area contributed by atoms with E-state index in [0.29, 0.717) is 25.5 Å². The van der Waals surface area contributed by atoms with Gasteiger partial charge in [0.2, 0.25) is 5.78 Å². The average Bonchev–Trinajstić information content (AvgIpc) is 2.90. The number of carbonyl (C=O) groups excluding carboxylic acids is 4. The van der Waals surface area contributed by atoms with Crippen LogP contribution in [0.2, 0.25) is 15.1 Å². The molecule has 13 heteroatoms. The molecule has 0 radical (unpaired) electrons. The molecular formula is C28H25Cl3O9S. The number of hydrogen-bond acceptors (Lipinski definition) is 10. The zero-order valence-corrected chi connectivity index (χ0v) is 25.1. The Kier molecular flexibility index (Phi) is 12.3. The van der Waals surface area contributed by atoms with E-state index >= 15 is 0 Å². The van der Waals surface area contributed by atoms with Crippen molar-refractivity contribution in [3.8, 4) is 11.8 Å². The average molecular weight is 644 g/mol. The summed E-state index contributed by atoms with van der Waals surface area (Å²) < 4.78 is 28.4. The molecule has 2 aromatic carbocycles. The Balaban J connectivity index is 1.92. The lowest BCUT2D eigenvalue weighted by molar-refractivity contribution is -0.237. The number of Topliss-reactive ketones (excluding diaryl/α,β-unsaturated/α-hetero) is 1. The monoisotopic (exact) mass is 642 g/mol. The SMILES string of the molecule is CC(=O)OCC1O[C@H](Sc2ccc(Cl)c(Cl)c2)C(OC(C)=O)C(OCC#CC(=O)c2ccc(Cl)cc2)[C@H]1OC(C)=O. The molecular weight excluding hydrogens is 619 g/mol. The van der Waals surface area contributed by atoms with Gasteiger partial charge in [0.15, 0.2) is 12.2 Å². The summed E-state index contributed by atoms with van der Waals surface area (Å²) in [5, 5.41) is 1.11. The molecule has 0 spiro atoms. The van der Waals surface area contributed by atoms with Crippen molar-refractivity contribution in [2.24, 2.45) is 0 Å². The molecule has 1 saturated heterocycles. The van der Waals surface area contributed by atoms with E-state index in [2.05, 4.69) is 11.8 Å². The van der Waals surface area contributed by atoms with Crippen LogP contribution in [-0.2, 0) is 38.1 Å². The van der Waals surface area contributed by atoms with Gasteiger partial charge in [-0.15, -0.1) is 0 Å².